The zero-order chi connectivity index (χ0) is 12.7. The van der Waals surface area contributed by atoms with Gasteiger partial charge in [-0.1, -0.05) is 25.1 Å². The first-order chi connectivity index (χ1) is 8.19. The average molecular weight is 241 g/mol. The van der Waals surface area contributed by atoms with Gasteiger partial charge in [0.1, 0.15) is 5.82 Å². The maximum Gasteiger partial charge on any atom is 0.129 e. The summed E-state index contributed by atoms with van der Waals surface area (Å²) in [5, 5.41) is 9.98. The normalized spacial score (nSPS) is 13.0. The second kappa shape index (κ2) is 7.37. The van der Waals surface area contributed by atoms with Gasteiger partial charge < -0.3 is 9.84 Å². The quantitative estimate of drug-likeness (QED) is 0.790. The number of methoxy groups -OCH3 is 1. The summed E-state index contributed by atoms with van der Waals surface area (Å²) in [4.78, 5) is 2.03. The topological polar surface area (TPSA) is 32.7 Å². The van der Waals surface area contributed by atoms with Crippen LogP contribution in [0.1, 0.15) is 18.6 Å². The van der Waals surface area contributed by atoms with Crippen molar-refractivity contribution in [3.63, 3.8) is 0 Å². The first-order valence-electron chi connectivity index (χ1n) is 5.82. The van der Waals surface area contributed by atoms with Gasteiger partial charge in [0.15, 0.2) is 0 Å². The molecule has 4 heteroatoms. The van der Waals surface area contributed by atoms with Crippen LogP contribution in [-0.2, 0) is 4.74 Å². The van der Waals surface area contributed by atoms with Crippen molar-refractivity contribution in [1.82, 2.24) is 4.90 Å². The summed E-state index contributed by atoms with van der Waals surface area (Å²) in [6.45, 7) is 4.57. The molecule has 0 saturated heterocycles. The van der Waals surface area contributed by atoms with Gasteiger partial charge in [0, 0.05) is 25.8 Å². The molecule has 0 aromatic heterocycles. The van der Waals surface area contributed by atoms with Gasteiger partial charge in [-0.15, -0.1) is 0 Å². The highest BCUT2D eigenvalue weighted by atomic mass is 19.1. The van der Waals surface area contributed by atoms with E-state index in [0.29, 0.717) is 18.7 Å². The van der Waals surface area contributed by atoms with Gasteiger partial charge >= 0.3 is 0 Å². The fraction of sp³-hybridized carbons (Fsp3) is 0.538. The summed E-state index contributed by atoms with van der Waals surface area (Å²) in [6, 6.07) is 6.33. The SMILES string of the molecule is CCN(CCOC)CC(O)c1ccccc1F. The lowest BCUT2D eigenvalue weighted by Crippen LogP contribution is -2.31. The number of ether oxygens (including phenoxy) is 1. The average Bonchev–Trinajstić information content (AvgIpc) is 2.34. The molecule has 0 aliphatic carbocycles. The summed E-state index contributed by atoms with van der Waals surface area (Å²) in [5.74, 6) is -0.359. The molecule has 96 valence electrons. The third-order valence-electron chi connectivity index (χ3n) is 2.75. The van der Waals surface area contributed by atoms with E-state index in [1.54, 1.807) is 25.3 Å². The lowest BCUT2D eigenvalue weighted by molar-refractivity contribution is 0.0901. The van der Waals surface area contributed by atoms with E-state index in [0.717, 1.165) is 13.1 Å². The van der Waals surface area contributed by atoms with Crippen molar-refractivity contribution in [1.29, 1.82) is 0 Å². The van der Waals surface area contributed by atoms with Crippen LogP contribution in [0.4, 0.5) is 4.39 Å². The van der Waals surface area contributed by atoms with Gasteiger partial charge in [0.2, 0.25) is 0 Å². The molecule has 1 aromatic carbocycles. The summed E-state index contributed by atoms with van der Waals surface area (Å²) < 4.78 is 18.4. The Balaban J connectivity index is 2.58. The van der Waals surface area contributed by atoms with Crippen LogP contribution in [0.2, 0.25) is 0 Å². The molecule has 1 aromatic rings. The molecule has 0 spiro atoms. The molecule has 0 saturated carbocycles. The summed E-state index contributed by atoms with van der Waals surface area (Å²) in [6.07, 6.45) is -0.798. The van der Waals surface area contributed by atoms with Crippen LogP contribution in [0, 0.1) is 5.82 Å². The van der Waals surface area contributed by atoms with E-state index >= 15 is 0 Å². The maximum atomic E-state index is 13.4. The second-order valence-corrected chi connectivity index (χ2v) is 3.92. The summed E-state index contributed by atoms with van der Waals surface area (Å²) >= 11 is 0. The number of aliphatic hydroxyl groups is 1. The van der Waals surface area contributed by atoms with Gasteiger partial charge in [0.25, 0.3) is 0 Å². The fourth-order valence-corrected chi connectivity index (χ4v) is 1.69. The van der Waals surface area contributed by atoms with E-state index < -0.39 is 6.10 Å². The molecule has 0 fully saturated rings. The van der Waals surface area contributed by atoms with Crippen LogP contribution in [0.25, 0.3) is 0 Å². The second-order valence-electron chi connectivity index (χ2n) is 3.92. The molecule has 1 rings (SSSR count). The number of halogens is 1. The summed E-state index contributed by atoms with van der Waals surface area (Å²) in [7, 11) is 1.64. The Hall–Kier alpha value is -0.970. The minimum Gasteiger partial charge on any atom is -0.387 e. The first-order valence-corrected chi connectivity index (χ1v) is 5.82. The van der Waals surface area contributed by atoms with Crippen LogP contribution in [0.15, 0.2) is 24.3 Å². The number of hydrogen-bond donors (Lipinski definition) is 1. The minimum absolute atomic E-state index is 0.350. The molecule has 17 heavy (non-hydrogen) atoms. The van der Waals surface area contributed by atoms with E-state index in [4.69, 9.17) is 4.74 Å². The van der Waals surface area contributed by atoms with Crippen molar-refractivity contribution in [2.75, 3.05) is 33.4 Å². The Morgan fingerprint density at radius 3 is 2.71 bits per heavy atom. The Morgan fingerprint density at radius 1 is 1.41 bits per heavy atom. The van der Waals surface area contributed by atoms with E-state index in [1.165, 1.54) is 6.07 Å². The van der Waals surface area contributed by atoms with Crippen molar-refractivity contribution in [2.24, 2.45) is 0 Å². The molecule has 1 unspecified atom stereocenters. The van der Waals surface area contributed by atoms with Crippen molar-refractivity contribution >= 4 is 0 Å². The van der Waals surface area contributed by atoms with Crippen LogP contribution in [0.3, 0.4) is 0 Å². The molecule has 0 bridgehead atoms. The standard InChI is InChI=1S/C13H20FNO2/c1-3-15(8-9-17-2)10-13(16)11-6-4-5-7-12(11)14/h4-7,13,16H,3,8-10H2,1-2H3. The van der Waals surface area contributed by atoms with E-state index in [-0.39, 0.29) is 5.82 Å². The predicted molar refractivity (Wildman–Crippen MR) is 65.3 cm³/mol. The Kier molecular flexibility index (Phi) is 6.11. The molecule has 3 nitrogen and oxygen atoms in total. The van der Waals surface area contributed by atoms with Crippen molar-refractivity contribution in [3.8, 4) is 0 Å². The minimum atomic E-state index is -0.798. The van der Waals surface area contributed by atoms with Crippen molar-refractivity contribution in [3.05, 3.63) is 35.6 Å². The highest BCUT2D eigenvalue weighted by Crippen LogP contribution is 2.17. The van der Waals surface area contributed by atoms with Gasteiger partial charge in [-0.3, -0.25) is 4.90 Å². The fourth-order valence-electron chi connectivity index (χ4n) is 1.69. The van der Waals surface area contributed by atoms with E-state index in [2.05, 4.69) is 0 Å². The Bertz CT molecular complexity index is 333. The highest BCUT2D eigenvalue weighted by Gasteiger charge is 2.15. The Labute approximate surface area is 102 Å². The predicted octanol–water partition coefficient (Wildman–Crippen LogP) is 1.83. The molecule has 1 atom stereocenters. The van der Waals surface area contributed by atoms with Crippen LogP contribution < -0.4 is 0 Å². The Morgan fingerprint density at radius 2 is 2.12 bits per heavy atom. The zero-order valence-electron chi connectivity index (χ0n) is 10.4. The first kappa shape index (κ1) is 14.1. The van der Waals surface area contributed by atoms with Crippen molar-refractivity contribution < 1.29 is 14.2 Å². The monoisotopic (exact) mass is 241 g/mol. The van der Waals surface area contributed by atoms with Crippen LogP contribution in [0.5, 0.6) is 0 Å². The number of hydrogen-bond acceptors (Lipinski definition) is 3. The van der Waals surface area contributed by atoms with Gasteiger partial charge in [-0.05, 0) is 12.6 Å². The number of nitrogens with zero attached hydrogens (tertiary/aromatic N) is 1. The van der Waals surface area contributed by atoms with E-state index in [9.17, 15) is 9.50 Å². The number of benzene rings is 1. The zero-order valence-corrected chi connectivity index (χ0v) is 10.4. The molecule has 0 aliphatic rings. The largest absolute Gasteiger partial charge is 0.387 e. The summed E-state index contributed by atoms with van der Waals surface area (Å²) in [5.41, 5.74) is 0.350. The number of rotatable bonds is 7. The maximum absolute atomic E-state index is 13.4. The molecular formula is C13H20FNO2. The number of aliphatic hydroxyl groups excluding tert-OH is 1. The number of likely N-dealkylation sites (N-methyl/N-ethyl adjacent to an activating group) is 1. The van der Waals surface area contributed by atoms with Gasteiger partial charge in [-0.25, -0.2) is 4.39 Å². The van der Waals surface area contributed by atoms with E-state index in [1.807, 2.05) is 11.8 Å². The highest BCUT2D eigenvalue weighted by molar-refractivity contribution is 5.19. The van der Waals surface area contributed by atoms with Gasteiger partial charge in [0.05, 0.1) is 12.7 Å². The molecule has 0 amide bonds. The van der Waals surface area contributed by atoms with Gasteiger partial charge in [-0.2, -0.15) is 0 Å². The van der Waals surface area contributed by atoms with Crippen LogP contribution in [-0.4, -0.2) is 43.4 Å². The van der Waals surface area contributed by atoms with Crippen molar-refractivity contribution in [2.45, 2.75) is 13.0 Å². The molecule has 1 N–H and O–H groups in total. The molecule has 0 heterocycles. The lowest BCUT2D eigenvalue weighted by atomic mass is 10.1. The molecule has 0 aliphatic heterocycles. The lowest BCUT2D eigenvalue weighted by Gasteiger charge is -2.23. The third-order valence-corrected chi connectivity index (χ3v) is 2.75. The molecule has 0 radical (unpaired) electrons. The third kappa shape index (κ3) is 4.42. The van der Waals surface area contributed by atoms with Crippen LogP contribution >= 0.6 is 0 Å². The molecular weight excluding hydrogens is 221 g/mol. The smallest absolute Gasteiger partial charge is 0.129 e.